The fourth-order valence-electron chi connectivity index (χ4n) is 1.99. The summed E-state index contributed by atoms with van der Waals surface area (Å²) in [5.41, 5.74) is 4.35. The van der Waals surface area contributed by atoms with Crippen molar-refractivity contribution in [3.05, 3.63) is 28.8 Å². The molecule has 1 amide bonds. The lowest BCUT2D eigenvalue weighted by molar-refractivity contribution is -0.148. The molecule has 5 nitrogen and oxygen atoms in total. The Hall–Kier alpha value is -1.75. The Kier molecular flexibility index (Phi) is 3.43. The number of aryl methyl sites for hydroxylation is 1. The third kappa shape index (κ3) is 2.41. The van der Waals surface area contributed by atoms with Crippen molar-refractivity contribution in [1.29, 1.82) is 0 Å². The number of hydrazine groups is 1. The van der Waals surface area contributed by atoms with Gasteiger partial charge in [-0.1, -0.05) is 11.6 Å². The minimum absolute atomic E-state index is 0.295. The third-order valence-electron chi connectivity index (χ3n) is 2.95. The first-order valence-corrected chi connectivity index (χ1v) is 5.94. The summed E-state index contributed by atoms with van der Waals surface area (Å²) < 4.78 is 0. The molecule has 0 radical (unpaired) electrons. The molecule has 0 bridgehead atoms. The molecule has 1 aromatic rings. The van der Waals surface area contributed by atoms with E-state index in [4.69, 9.17) is 16.7 Å². The van der Waals surface area contributed by atoms with E-state index in [1.54, 1.807) is 23.2 Å². The van der Waals surface area contributed by atoms with Crippen LogP contribution in [0.4, 0.5) is 5.69 Å². The summed E-state index contributed by atoms with van der Waals surface area (Å²) in [6.07, 6.45) is 0.295. The van der Waals surface area contributed by atoms with Gasteiger partial charge in [-0.05, 0) is 37.1 Å². The maximum atomic E-state index is 11.6. The van der Waals surface area contributed by atoms with Crippen molar-refractivity contribution in [3.63, 3.8) is 0 Å². The van der Waals surface area contributed by atoms with Gasteiger partial charge < -0.3 is 5.11 Å². The van der Waals surface area contributed by atoms with Crippen LogP contribution < -0.4 is 10.4 Å². The van der Waals surface area contributed by atoms with Crippen molar-refractivity contribution < 1.29 is 14.7 Å². The maximum absolute atomic E-state index is 11.6. The number of rotatable bonds is 2. The van der Waals surface area contributed by atoms with Gasteiger partial charge in [0.05, 0.1) is 5.69 Å². The molecular weight excluding hydrogens is 256 g/mol. The van der Waals surface area contributed by atoms with Gasteiger partial charge in [0.1, 0.15) is 5.92 Å². The topological polar surface area (TPSA) is 69.6 Å². The van der Waals surface area contributed by atoms with E-state index >= 15 is 0 Å². The molecule has 0 spiro atoms. The average molecular weight is 269 g/mol. The Labute approximate surface area is 109 Å². The lowest BCUT2D eigenvalue weighted by Crippen LogP contribution is -2.53. The van der Waals surface area contributed by atoms with Crippen molar-refractivity contribution in [2.45, 2.75) is 13.3 Å². The molecule has 1 heterocycles. The van der Waals surface area contributed by atoms with Crippen molar-refractivity contribution >= 4 is 29.2 Å². The number of anilines is 1. The molecule has 0 aromatic heterocycles. The second-order valence-electron chi connectivity index (χ2n) is 4.24. The van der Waals surface area contributed by atoms with Gasteiger partial charge >= 0.3 is 5.97 Å². The molecule has 1 fully saturated rings. The van der Waals surface area contributed by atoms with E-state index in [0.717, 1.165) is 11.3 Å². The van der Waals surface area contributed by atoms with E-state index < -0.39 is 17.8 Å². The van der Waals surface area contributed by atoms with E-state index in [2.05, 4.69) is 5.43 Å². The maximum Gasteiger partial charge on any atom is 0.316 e. The van der Waals surface area contributed by atoms with Crippen LogP contribution in [0.2, 0.25) is 5.02 Å². The number of nitrogens with one attached hydrogen (secondary N) is 1. The number of carbonyl (C=O) groups excluding carboxylic acids is 1. The Morgan fingerprint density at radius 3 is 2.83 bits per heavy atom. The number of amides is 1. The molecule has 0 aliphatic carbocycles. The van der Waals surface area contributed by atoms with Gasteiger partial charge in [0, 0.05) is 11.6 Å². The first-order valence-electron chi connectivity index (χ1n) is 5.56. The fourth-order valence-corrected chi connectivity index (χ4v) is 2.22. The largest absolute Gasteiger partial charge is 0.481 e. The molecule has 0 saturated carbocycles. The van der Waals surface area contributed by atoms with Gasteiger partial charge in [-0.3, -0.25) is 20.0 Å². The van der Waals surface area contributed by atoms with Gasteiger partial charge in [-0.25, -0.2) is 0 Å². The molecule has 1 aliphatic rings. The van der Waals surface area contributed by atoms with Gasteiger partial charge in [-0.2, -0.15) is 0 Å². The van der Waals surface area contributed by atoms with E-state index in [1.165, 1.54) is 0 Å². The smallest absolute Gasteiger partial charge is 0.316 e. The molecule has 18 heavy (non-hydrogen) atoms. The zero-order chi connectivity index (χ0) is 13.3. The molecule has 2 rings (SSSR count). The summed E-state index contributed by atoms with van der Waals surface area (Å²) in [6.45, 7) is 2.35. The monoisotopic (exact) mass is 268 g/mol. The van der Waals surface area contributed by atoms with Crippen LogP contribution in [0.1, 0.15) is 12.0 Å². The highest BCUT2D eigenvalue weighted by atomic mass is 35.5. The molecule has 2 N–H and O–H groups in total. The molecule has 96 valence electrons. The molecule has 1 atom stereocenters. The minimum atomic E-state index is -1.08. The summed E-state index contributed by atoms with van der Waals surface area (Å²) in [6, 6.07) is 5.34. The van der Waals surface area contributed by atoms with Crippen molar-refractivity contribution in [3.8, 4) is 0 Å². The second-order valence-corrected chi connectivity index (χ2v) is 4.67. The Morgan fingerprint density at radius 2 is 2.28 bits per heavy atom. The Balaban J connectivity index is 2.17. The number of carbonyl (C=O) groups is 2. The first kappa shape index (κ1) is 12.7. The predicted octanol–water partition coefficient (Wildman–Crippen LogP) is 1.59. The van der Waals surface area contributed by atoms with Crippen LogP contribution in [0.15, 0.2) is 18.2 Å². The van der Waals surface area contributed by atoms with Gasteiger partial charge in [0.15, 0.2) is 0 Å². The standard InChI is InChI=1S/C12H13ClN2O3/c1-7-6-8(13)2-3-10(7)15-5-4-9(12(17)18)11(16)14-15/h2-3,6,9H,4-5H2,1H3,(H,14,16)(H,17,18). The average Bonchev–Trinajstić information content (AvgIpc) is 2.28. The van der Waals surface area contributed by atoms with Crippen LogP contribution in [0, 0.1) is 12.8 Å². The zero-order valence-electron chi connectivity index (χ0n) is 9.81. The fraction of sp³-hybridized carbons (Fsp3) is 0.333. The van der Waals surface area contributed by atoms with Crippen LogP contribution in [0.3, 0.4) is 0 Å². The van der Waals surface area contributed by atoms with Crippen molar-refractivity contribution in [1.82, 2.24) is 5.43 Å². The van der Waals surface area contributed by atoms with Crippen LogP contribution in [0.25, 0.3) is 0 Å². The highest BCUT2D eigenvalue weighted by molar-refractivity contribution is 6.30. The quantitative estimate of drug-likeness (QED) is 0.799. The van der Waals surface area contributed by atoms with Crippen molar-refractivity contribution in [2.75, 3.05) is 11.6 Å². The predicted molar refractivity (Wildman–Crippen MR) is 67.4 cm³/mol. The summed E-state index contributed by atoms with van der Waals surface area (Å²) in [5, 5.41) is 11.1. The normalized spacial score (nSPS) is 19.6. The first-order chi connectivity index (χ1) is 8.49. The molecule has 1 aromatic carbocycles. The minimum Gasteiger partial charge on any atom is -0.481 e. The highest BCUT2D eigenvalue weighted by Crippen LogP contribution is 2.25. The van der Waals surface area contributed by atoms with Crippen molar-refractivity contribution in [2.24, 2.45) is 5.92 Å². The Morgan fingerprint density at radius 1 is 1.56 bits per heavy atom. The summed E-state index contributed by atoms with van der Waals surface area (Å²) in [5.74, 6) is -2.53. The number of hydrogen-bond acceptors (Lipinski definition) is 3. The number of benzene rings is 1. The molecule has 1 aliphatic heterocycles. The van der Waals surface area contributed by atoms with Gasteiger partial charge in [-0.15, -0.1) is 0 Å². The van der Waals surface area contributed by atoms with E-state index in [-0.39, 0.29) is 0 Å². The van der Waals surface area contributed by atoms with Gasteiger partial charge in [0.2, 0.25) is 0 Å². The summed E-state index contributed by atoms with van der Waals surface area (Å²) in [4.78, 5) is 22.5. The van der Waals surface area contributed by atoms with Crippen LogP contribution >= 0.6 is 11.6 Å². The lowest BCUT2D eigenvalue weighted by atomic mass is 10.0. The lowest BCUT2D eigenvalue weighted by Gasteiger charge is -2.32. The van der Waals surface area contributed by atoms with E-state index in [9.17, 15) is 9.59 Å². The Bertz CT molecular complexity index is 504. The molecule has 1 saturated heterocycles. The van der Waals surface area contributed by atoms with Crippen LogP contribution in [-0.2, 0) is 9.59 Å². The third-order valence-corrected chi connectivity index (χ3v) is 3.19. The highest BCUT2D eigenvalue weighted by Gasteiger charge is 2.32. The number of aliphatic carboxylic acids is 1. The number of nitrogens with zero attached hydrogens (tertiary/aromatic N) is 1. The van der Waals surface area contributed by atoms with Gasteiger partial charge in [0.25, 0.3) is 5.91 Å². The summed E-state index contributed by atoms with van der Waals surface area (Å²) >= 11 is 5.87. The number of carboxylic acid groups (broad SMARTS) is 1. The zero-order valence-corrected chi connectivity index (χ0v) is 10.6. The van der Waals surface area contributed by atoms with E-state index in [0.29, 0.717) is 18.0 Å². The molecule has 1 unspecified atom stereocenters. The number of halogens is 1. The number of carboxylic acids is 1. The number of hydrogen-bond donors (Lipinski definition) is 2. The second kappa shape index (κ2) is 4.86. The SMILES string of the molecule is Cc1cc(Cl)ccc1N1CCC(C(=O)O)C(=O)N1. The summed E-state index contributed by atoms with van der Waals surface area (Å²) in [7, 11) is 0. The molecule has 6 heteroatoms. The van der Waals surface area contributed by atoms with E-state index in [1.807, 2.05) is 6.92 Å². The molecular formula is C12H13ClN2O3. The van der Waals surface area contributed by atoms with Crippen LogP contribution in [-0.4, -0.2) is 23.5 Å². The van der Waals surface area contributed by atoms with Crippen LogP contribution in [0.5, 0.6) is 0 Å².